The van der Waals surface area contributed by atoms with Gasteiger partial charge in [0.25, 0.3) is 11.6 Å². The topological polar surface area (TPSA) is 148 Å². The average molecular weight is 365 g/mol. The van der Waals surface area contributed by atoms with Gasteiger partial charge in [-0.3, -0.25) is 25.0 Å². The van der Waals surface area contributed by atoms with E-state index in [1.54, 1.807) is 0 Å². The molecule has 2 rings (SSSR count). The minimum Gasteiger partial charge on any atom is -0.502 e. The summed E-state index contributed by atoms with van der Waals surface area (Å²) in [5, 5.41) is 35.0. The van der Waals surface area contributed by atoms with Crippen molar-refractivity contribution in [3.05, 3.63) is 72.8 Å². The maximum absolute atomic E-state index is 12.0. The van der Waals surface area contributed by atoms with Crippen LogP contribution in [0.3, 0.4) is 0 Å². The minimum atomic E-state index is -0.862. The van der Waals surface area contributed by atoms with Crippen molar-refractivity contribution in [3.8, 4) is 5.75 Å². The predicted molar refractivity (Wildman–Crippen MR) is 87.9 cm³/mol. The number of phenolic OH excluding ortho intramolecular Hbond substituents is 1. The smallest absolute Gasteiger partial charge is 0.312 e. The Morgan fingerprint density at radius 1 is 1.16 bits per heavy atom. The molecule has 1 amide bonds. The van der Waals surface area contributed by atoms with Gasteiger partial charge in [0.1, 0.15) is 5.56 Å². The van der Waals surface area contributed by atoms with Gasteiger partial charge in [0.15, 0.2) is 0 Å². The number of hydrazone groups is 1. The Bertz CT molecular complexity index is 899. The first kappa shape index (κ1) is 17.8. The van der Waals surface area contributed by atoms with Gasteiger partial charge in [0.2, 0.25) is 5.75 Å². The molecule has 10 nitrogen and oxygen atoms in total. The quantitative estimate of drug-likeness (QED) is 0.473. The molecule has 25 heavy (non-hydrogen) atoms. The van der Waals surface area contributed by atoms with Crippen LogP contribution in [0.1, 0.15) is 15.9 Å². The average Bonchev–Trinajstić information content (AvgIpc) is 2.57. The largest absolute Gasteiger partial charge is 0.502 e. The molecule has 2 N–H and O–H groups in total. The van der Waals surface area contributed by atoms with Gasteiger partial charge in [-0.1, -0.05) is 23.7 Å². The summed E-state index contributed by atoms with van der Waals surface area (Å²) in [7, 11) is 0. The summed E-state index contributed by atoms with van der Waals surface area (Å²) in [5.74, 6) is -1.54. The lowest BCUT2D eigenvalue weighted by Gasteiger charge is -2.03. The summed E-state index contributed by atoms with van der Waals surface area (Å²) in [6.45, 7) is 0. The molecule has 0 heterocycles. The second kappa shape index (κ2) is 7.36. The van der Waals surface area contributed by atoms with Gasteiger partial charge in [0.05, 0.1) is 16.1 Å². The summed E-state index contributed by atoms with van der Waals surface area (Å²) in [6.07, 6.45) is 0.931. The summed E-state index contributed by atoms with van der Waals surface area (Å²) in [5.41, 5.74) is 0.682. The number of aromatic hydroxyl groups is 1. The standard InChI is InChI=1S/C14H9ClN4O6/c15-9-5-8(13(20)12(6-9)19(24)25)7-16-17-14(21)10-3-1-2-4-11(10)18(22)23/h1-7,20H,(H,17,21). The monoisotopic (exact) mass is 364 g/mol. The van der Waals surface area contributed by atoms with Crippen LogP contribution >= 0.6 is 11.6 Å². The Labute approximate surface area is 144 Å². The maximum Gasteiger partial charge on any atom is 0.312 e. The molecule has 0 aromatic heterocycles. The molecule has 0 atom stereocenters. The summed E-state index contributed by atoms with van der Waals surface area (Å²) < 4.78 is 0. The molecule has 0 aliphatic rings. The first-order valence-electron chi connectivity index (χ1n) is 6.55. The highest BCUT2D eigenvalue weighted by molar-refractivity contribution is 6.31. The fourth-order valence-electron chi connectivity index (χ4n) is 1.89. The molecule has 2 aromatic carbocycles. The van der Waals surface area contributed by atoms with Gasteiger partial charge in [0, 0.05) is 22.7 Å². The van der Waals surface area contributed by atoms with Crippen molar-refractivity contribution in [1.29, 1.82) is 0 Å². The molecule has 0 radical (unpaired) electrons. The van der Waals surface area contributed by atoms with Gasteiger partial charge < -0.3 is 5.11 Å². The van der Waals surface area contributed by atoms with Crippen LogP contribution in [0.4, 0.5) is 11.4 Å². The zero-order valence-corrected chi connectivity index (χ0v) is 13.0. The number of carbonyl (C=O) groups excluding carboxylic acids is 1. The number of amides is 1. The van der Waals surface area contributed by atoms with Crippen LogP contribution in [0, 0.1) is 20.2 Å². The lowest BCUT2D eigenvalue weighted by molar-refractivity contribution is -0.385. The highest BCUT2D eigenvalue weighted by atomic mass is 35.5. The normalized spacial score (nSPS) is 10.6. The zero-order chi connectivity index (χ0) is 18.6. The van der Waals surface area contributed by atoms with E-state index in [0.29, 0.717) is 0 Å². The molecule has 0 unspecified atom stereocenters. The molecule has 2 aromatic rings. The van der Waals surface area contributed by atoms with Crippen molar-refractivity contribution in [2.24, 2.45) is 5.10 Å². The van der Waals surface area contributed by atoms with Gasteiger partial charge in [-0.15, -0.1) is 0 Å². The summed E-state index contributed by atoms with van der Waals surface area (Å²) in [4.78, 5) is 32.1. The third-order valence-electron chi connectivity index (χ3n) is 3.00. The fourth-order valence-corrected chi connectivity index (χ4v) is 2.11. The Balaban J connectivity index is 2.24. The van der Waals surface area contributed by atoms with Crippen molar-refractivity contribution < 1.29 is 19.7 Å². The maximum atomic E-state index is 12.0. The van der Waals surface area contributed by atoms with Crippen LogP contribution in [0.25, 0.3) is 0 Å². The predicted octanol–water partition coefficient (Wildman–Crippen LogP) is 2.63. The van der Waals surface area contributed by atoms with E-state index in [1.165, 1.54) is 24.3 Å². The Morgan fingerprint density at radius 2 is 1.80 bits per heavy atom. The fraction of sp³-hybridized carbons (Fsp3) is 0. The number of halogens is 1. The van der Waals surface area contributed by atoms with Gasteiger partial charge in [-0.05, 0) is 12.1 Å². The first-order chi connectivity index (χ1) is 11.8. The molecule has 0 aliphatic heterocycles. The SMILES string of the molecule is O=C(NN=Cc1cc(Cl)cc([N+](=O)[O-])c1O)c1ccccc1[N+](=O)[O-]. The number of carbonyl (C=O) groups is 1. The summed E-state index contributed by atoms with van der Waals surface area (Å²) >= 11 is 5.72. The second-order valence-electron chi connectivity index (χ2n) is 4.59. The Hall–Kier alpha value is -3.53. The lowest BCUT2D eigenvalue weighted by Crippen LogP contribution is -2.19. The van der Waals surface area contributed by atoms with E-state index in [9.17, 15) is 30.1 Å². The molecule has 0 saturated carbocycles. The second-order valence-corrected chi connectivity index (χ2v) is 5.03. The third-order valence-corrected chi connectivity index (χ3v) is 3.21. The lowest BCUT2D eigenvalue weighted by atomic mass is 10.2. The molecule has 0 fully saturated rings. The molecule has 0 bridgehead atoms. The van der Waals surface area contributed by atoms with Gasteiger partial charge in [-0.25, -0.2) is 5.43 Å². The van der Waals surface area contributed by atoms with E-state index in [2.05, 4.69) is 5.10 Å². The molecular weight excluding hydrogens is 356 g/mol. The van der Waals surface area contributed by atoms with Crippen molar-refractivity contribution >= 4 is 35.1 Å². The number of phenols is 1. The Kier molecular flexibility index (Phi) is 5.25. The minimum absolute atomic E-state index is 0.0176. The highest BCUT2D eigenvalue weighted by Gasteiger charge is 2.19. The molecule has 11 heteroatoms. The zero-order valence-electron chi connectivity index (χ0n) is 12.2. The molecule has 0 saturated heterocycles. The van der Waals surface area contributed by atoms with Crippen molar-refractivity contribution in [1.82, 2.24) is 5.43 Å². The van der Waals surface area contributed by atoms with Crippen LogP contribution in [0.5, 0.6) is 5.75 Å². The van der Waals surface area contributed by atoms with E-state index >= 15 is 0 Å². The third kappa shape index (κ3) is 4.06. The first-order valence-corrected chi connectivity index (χ1v) is 6.92. The number of nitrogens with zero attached hydrogens (tertiary/aromatic N) is 3. The van der Waals surface area contributed by atoms with E-state index in [4.69, 9.17) is 11.6 Å². The van der Waals surface area contributed by atoms with Crippen LogP contribution in [-0.2, 0) is 0 Å². The van der Waals surface area contributed by atoms with E-state index in [0.717, 1.165) is 18.3 Å². The number of hydrogen-bond acceptors (Lipinski definition) is 7. The molecule has 0 spiro atoms. The van der Waals surface area contributed by atoms with Crippen molar-refractivity contribution in [3.63, 3.8) is 0 Å². The number of nitro groups is 2. The number of hydrogen-bond donors (Lipinski definition) is 2. The molecule has 0 aliphatic carbocycles. The summed E-state index contributed by atoms with van der Waals surface area (Å²) in [6, 6.07) is 7.40. The van der Waals surface area contributed by atoms with Crippen molar-refractivity contribution in [2.45, 2.75) is 0 Å². The number of benzene rings is 2. The van der Waals surface area contributed by atoms with E-state index in [-0.39, 0.29) is 16.1 Å². The van der Waals surface area contributed by atoms with Crippen LogP contribution in [0.15, 0.2) is 41.5 Å². The highest BCUT2D eigenvalue weighted by Crippen LogP contribution is 2.32. The van der Waals surface area contributed by atoms with Crippen LogP contribution in [-0.4, -0.2) is 27.1 Å². The van der Waals surface area contributed by atoms with Crippen LogP contribution < -0.4 is 5.43 Å². The van der Waals surface area contributed by atoms with Gasteiger partial charge in [-0.2, -0.15) is 5.10 Å². The van der Waals surface area contributed by atoms with Crippen LogP contribution in [0.2, 0.25) is 5.02 Å². The van der Waals surface area contributed by atoms with Gasteiger partial charge >= 0.3 is 5.69 Å². The molecule has 128 valence electrons. The van der Waals surface area contributed by atoms with Crippen molar-refractivity contribution in [2.75, 3.05) is 0 Å². The van der Waals surface area contributed by atoms with E-state index in [1.807, 2.05) is 5.43 Å². The number of para-hydroxylation sites is 1. The van der Waals surface area contributed by atoms with E-state index < -0.39 is 32.9 Å². The number of nitrogens with one attached hydrogen (secondary N) is 1. The number of nitro benzene ring substituents is 2. The number of rotatable bonds is 5. The Morgan fingerprint density at radius 3 is 2.44 bits per heavy atom. The molecular formula is C14H9ClN4O6.